The SMILES string of the molecule is CC(=O)NC(C)(C(=O)NCC#N)S(C)(=O)=O.c1cc2cc-2c1. The Morgan fingerprint density at radius 2 is 1.86 bits per heavy atom. The topological polar surface area (TPSA) is 116 Å². The van der Waals surface area contributed by atoms with Crippen LogP contribution in [0.4, 0.5) is 0 Å². The van der Waals surface area contributed by atoms with E-state index in [-0.39, 0.29) is 6.54 Å². The maximum absolute atomic E-state index is 11.5. The number of nitrogens with zero attached hydrogens (tertiary/aromatic N) is 1. The van der Waals surface area contributed by atoms with Gasteiger partial charge in [-0.3, -0.25) is 9.59 Å². The first-order chi connectivity index (χ1) is 10.1. The molecule has 0 bridgehead atoms. The minimum atomic E-state index is -3.84. The van der Waals surface area contributed by atoms with Crippen LogP contribution >= 0.6 is 0 Å². The Kier molecular flexibility index (Phi) is 5.28. The zero-order chi connectivity index (χ0) is 17.0. The van der Waals surface area contributed by atoms with E-state index in [1.54, 1.807) is 6.07 Å². The van der Waals surface area contributed by atoms with Crippen molar-refractivity contribution in [2.45, 2.75) is 18.7 Å². The third-order valence-corrected chi connectivity index (χ3v) is 4.80. The third kappa shape index (κ3) is 4.30. The van der Waals surface area contributed by atoms with Crippen molar-refractivity contribution in [3.63, 3.8) is 0 Å². The normalized spacial score (nSPS) is 13.5. The molecule has 8 heteroatoms. The van der Waals surface area contributed by atoms with Crippen LogP contribution in [-0.2, 0) is 19.4 Å². The van der Waals surface area contributed by atoms with E-state index >= 15 is 0 Å². The van der Waals surface area contributed by atoms with Crippen molar-refractivity contribution in [1.82, 2.24) is 10.6 Å². The standard InChI is InChI=1S/C8H13N3O4S.C6H4/c1-6(12)11-8(2,16(3,14)15)7(13)10-5-4-9;1-2-5-4-6(5)3-1/h5H2,1-3H3,(H,10,13)(H,11,12);1-4H. The van der Waals surface area contributed by atoms with Crippen LogP contribution in [-0.4, -0.2) is 37.9 Å². The fraction of sp³-hybridized carbons (Fsp3) is 0.357. The number of nitriles is 1. The van der Waals surface area contributed by atoms with Crippen molar-refractivity contribution in [2.24, 2.45) is 0 Å². The molecule has 2 aliphatic rings. The number of amides is 2. The van der Waals surface area contributed by atoms with E-state index in [0.29, 0.717) is 0 Å². The van der Waals surface area contributed by atoms with Crippen LogP contribution in [0.5, 0.6) is 0 Å². The van der Waals surface area contributed by atoms with Gasteiger partial charge in [-0.2, -0.15) is 5.26 Å². The molecule has 0 spiro atoms. The first-order valence-electron chi connectivity index (χ1n) is 6.36. The fourth-order valence-electron chi connectivity index (χ4n) is 1.62. The largest absolute Gasteiger partial charge is 0.340 e. The molecule has 2 aliphatic carbocycles. The minimum absolute atomic E-state index is 0.330. The number of carbonyl (C=O) groups excluding carboxylic acids is 2. The van der Waals surface area contributed by atoms with Gasteiger partial charge in [-0.1, -0.05) is 18.2 Å². The first-order valence-corrected chi connectivity index (χ1v) is 8.25. The molecule has 0 heterocycles. The van der Waals surface area contributed by atoms with Gasteiger partial charge in [0.2, 0.25) is 10.8 Å². The average molecular weight is 323 g/mol. The van der Waals surface area contributed by atoms with Crippen molar-refractivity contribution in [3.05, 3.63) is 24.3 Å². The van der Waals surface area contributed by atoms with E-state index in [4.69, 9.17) is 5.26 Å². The zero-order valence-electron chi connectivity index (χ0n) is 12.5. The van der Waals surface area contributed by atoms with Gasteiger partial charge in [-0.05, 0) is 24.1 Å². The number of hydrogen-bond donors (Lipinski definition) is 2. The molecule has 1 atom stereocenters. The summed E-state index contributed by atoms with van der Waals surface area (Å²) >= 11 is 0. The van der Waals surface area contributed by atoms with Gasteiger partial charge in [0.15, 0.2) is 9.84 Å². The molecule has 1 unspecified atom stereocenters. The van der Waals surface area contributed by atoms with Crippen LogP contribution in [0, 0.1) is 11.3 Å². The lowest BCUT2D eigenvalue weighted by Crippen LogP contribution is -2.60. The zero-order valence-corrected chi connectivity index (χ0v) is 13.3. The second-order valence-corrected chi connectivity index (χ2v) is 7.27. The summed E-state index contributed by atoms with van der Waals surface area (Å²) in [7, 11) is -3.84. The molecule has 7 nitrogen and oxygen atoms in total. The minimum Gasteiger partial charge on any atom is -0.340 e. The monoisotopic (exact) mass is 323 g/mol. The summed E-state index contributed by atoms with van der Waals surface area (Å²) in [5.41, 5.74) is 2.85. The van der Waals surface area contributed by atoms with Crippen molar-refractivity contribution in [3.8, 4) is 17.2 Å². The maximum atomic E-state index is 11.5. The van der Waals surface area contributed by atoms with Crippen LogP contribution in [0.2, 0.25) is 0 Å². The molecule has 0 aliphatic heterocycles. The molecule has 0 aromatic rings. The number of sulfone groups is 1. The highest BCUT2D eigenvalue weighted by Crippen LogP contribution is 2.32. The lowest BCUT2D eigenvalue weighted by Gasteiger charge is -2.26. The molecular formula is C14H17N3O4S. The number of carbonyl (C=O) groups is 2. The number of rotatable bonds is 4. The van der Waals surface area contributed by atoms with Crippen LogP contribution < -0.4 is 10.6 Å². The fourth-order valence-corrected chi connectivity index (χ4v) is 2.36. The molecule has 0 saturated carbocycles. The molecule has 22 heavy (non-hydrogen) atoms. The van der Waals surface area contributed by atoms with E-state index in [1.807, 2.05) is 0 Å². The number of benzene rings is 1. The van der Waals surface area contributed by atoms with Gasteiger partial charge in [0.25, 0.3) is 5.91 Å². The Balaban J connectivity index is 0.000000323. The Hall–Kier alpha value is -2.40. The smallest absolute Gasteiger partial charge is 0.262 e. The van der Waals surface area contributed by atoms with Crippen LogP contribution in [0.3, 0.4) is 0 Å². The van der Waals surface area contributed by atoms with E-state index in [9.17, 15) is 18.0 Å². The van der Waals surface area contributed by atoms with Gasteiger partial charge in [0.1, 0.15) is 6.54 Å². The van der Waals surface area contributed by atoms with Crippen LogP contribution in [0.15, 0.2) is 24.3 Å². The number of fused-ring (bicyclic) bond motifs is 1. The lowest BCUT2D eigenvalue weighted by molar-refractivity contribution is -0.128. The first kappa shape index (κ1) is 17.7. The molecule has 118 valence electrons. The second kappa shape index (κ2) is 6.58. The lowest BCUT2D eigenvalue weighted by atomic mass is 10.3. The summed E-state index contributed by atoms with van der Waals surface area (Å²) in [6.07, 6.45) is 0.828. The molecule has 2 N–H and O–H groups in total. The predicted octanol–water partition coefficient (Wildman–Crippen LogP) is 0.190. The molecule has 2 rings (SSSR count). The second-order valence-electron chi connectivity index (χ2n) is 4.91. The van der Waals surface area contributed by atoms with Crippen molar-refractivity contribution in [1.29, 1.82) is 5.26 Å². The predicted molar refractivity (Wildman–Crippen MR) is 81.1 cm³/mol. The molecule has 2 amide bonds. The Bertz CT molecular complexity index is 719. The summed E-state index contributed by atoms with van der Waals surface area (Å²) in [6, 6.07) is 10.1. The molecule has 0 radical (unpaired) electrons. The average Bonchev–Trinajstić information content (AvgIpc) is 3.01. The van der Waals surface area contributed by atoms with Crippen LogP contribution in [0.25, 0.3) is 11.1 Å². The van der Waals surface area contributed by atoms with Crippen LogP contribution in [0.1, 0.15) is 13.8 Å². The molecule has 0 fully saturated rings. The Morgan fingerprint density at radius 1 is 1.32 bits per heavy atom. The summed E-state index contributed by atoms with van der Waals surface area (Å²) < 4.78 is 22.9. The van der Waals surface area contributed by atoms with Crippen molar-refractivity contribution < 1.29 is 18.0 Å². The Morgan fingerprint density at radius 3 is 2.14 bits per heavy atom. The van der Waals surface area contributed by atoms with Gasteiger partial charge >= 0.3 is 0 Å². The highest BCUT2D eigenvalue weighted by molar-refractivity contribution is 7.92. The van der Waals surface area contributed by atoms with E-state index in [1.165, 1.54) is 11.1 Å². The summed E-state index contributed by atoms with van der Waals surface area (Å²) in [5.74, 6) is -1.59. The quantitative estimate of drug-likeness (QED) is 0.779. The van der Waals surface area contributed by atoms with E-state index < -0.39 is 26.5 Å². The molecule has 0 aromatic carbocycles. The summed E-state index contributed by atoms with van der Waals surface area (Å²) in [4.78, 5) is 20.4. The number of hydrogen-bond acceptors (Lipinski definition) is 5. The summed E-state index contributed by atoms with van der Waals surface area (Å²) in [6.45, 7) is 1.83. The maximum Gasteiger partial charge on any atom is 0.262 e. The van der Waals surface area contributed by atoms with Gasteiger partial charge < -0.3 is 10.6 Å². The third-order valence-electron chi connectivity index (χ3n) is 3.03. The van der Waals surface area contributed by atoms with Gasteiger partial charge in [0, 0.05) is 13.2 Å². The summed E-state index contributed by atoms with van der Waals surface area (Å²) in [5, 5.41) is 12.4. The Labute approximate surface area is 129 Å². The molecule has 0 saturated heterocycles. The highest BCUT2D eigenvalue weighted by atomic mass is 32.2. The van der Waals surface area contributed by atoms with Crippen molar-refractivity contribution >= 4 is 21.7 Å². The van der Waals surface area contributed by atoms with Gasteiger partial charge in [-0.15, -0.1) is 0 Å². The number of nitrogens with one attached hydrogen (secondary N) is 2. The van der Waals surface area contributed by atoms with Gasteiger partial charge in [0.05, 0.1) is 6.07 Å². The molecular weight excluding hydrogens is 306 g/mol. The van der Waals surface area contributed by atoms with E-state index in [2.05, 4.69) is 34.9 Å². The molecule has 0 aromatic heterocycles. The van der Waals surface area contributed by atoms with Gasteiger partial charge in [-0.25, -0.2) is 8.42 Å². The highest BCUT2D eigenvalue weighted by Gasteiger charge is 2.44. The van der Waals surface area contributed by atoms with E-state index in [0.717, 1.165) is 20.1 Å². The van der Waals surface area contributed by atoms with Crippen molar-refractivity contribution in [2.75, 3.05) is 12.8 Å².